The second-order valence-electron chi connectivity index (χ2n) is 9.17. The van der Waals surface area contributed by atoms with E-state index in [0.717, 1.165) is 42.4 Å². The molecule has 0 bridgehead atoms. The van der Waals surface area contributed by atoms with Crippen molar-refractivity contribution in [2.75, 3.05) is 11.5 Å². The maximum atomic E-state index is 13.5. The third-order valence-corrected chi connectivity index (χ3v) is 9.47. The number of aromatic nitrogens is 2. The average molecular weight is 486 g/mol. The van der Waals surface area contributed by atoms with Crippen LogP contribution in [0.4, 0.5) is 0 Å². The number of hydrogen-bond acceptors (Lipinski definition) is 6. The molecule has 2 aromatic heterocycles. The number of carbonyl (C=O) groups excluding carboxylic acids is 1. The fourth-order valence-corrected chi connectivity index (χ4v) is 7.75. The molecular weight excluding hydrogens is 458 g/mol. The fraction of sp³-hybridized carbons (Fsp3) is 0.458. The van der Waals surface area contributed by atoms with E-state index >= 15 is 0 Å². The van der Waals surface area contributed by atoms with Crippen LogP contribution in [0.15, 0.2) is 40.8 Å². The molecule has 1 aliphatic carbocycles. The summed E-state index contributed by atoms with van der Waals surface area (Å²) < 4.78 is 25.6. The summed E-state index contributed by atoms with van der Waals surface area (Å²) in [5.41, 5.74) is 2.67. The first-order chi connectivity index (χ1) is 15.8. The maximum absolute atomic E-state index is 13.5. The van der Waals surface area contributed by atoms with Gasteiger partial charge in [0.15, 0.2) is 9.84 Å². The number of hydrogen-bond donors (Lipinski definition) is 0. The Kier molecular flexibility index (Phi) is 5.86. The maximum Gasteiger partial charge on any atom is 0.263 e. The molecule has 1 amide bonds. The molecule has 9 heteroatoms. The van der Waals surface area contributed by atoms with Crippen molar-refractivity contribution in [1.29, 1.82) is 0 Å². The predicted molar refractivity (Wildman–Crippen MR) is 130 cm³/mol. The summed E-state index contributed by atoms with van der Waals surface area (Å²) >= 11 is 1.42. The number of nitrogens with zero attached hydrogens (tertiary/aromatic N) is 3. The van der Waals surface area contributed by atoms with Crippen molar-refractivity contribution < 1.29 is 13.2 Å². The molecule has 1 saturated carbocycles. The predicted octanol–water partition coefficient (Wildman–Crippen LogP) is 3.39. The van der Waals surface area contributed by atoms with Crippen LogP contribution in [0.2, 0.25) is 0 Å². The van der Waals surface area contributed by atoms with E-state index in [0.29, 0.717) is 16.6 Å². The molecule has 33 heavy (non-hydrogen) atoms. The summed E-state index contributed by atoms with van der Waals surface area (Å²) in [4.78, 5) is 33.8. The van der Waals surface area contributed by atoms with E-state index in [2.05, 4.69) is 4.98 Å². The van der Waals surface area contributed by atoms with Crippen LogP contribution in [0.3, 0.4) is 0 Å². The van der Waals surface area contributed by atoms with Gasteiger partial charge in [0.1, 0.15) is 11.4 Å². The van der Waals surface area contributed by atoms with Crippen LogP contribution in [0.25, 0.3) is 21.3 Å². The molecule has 1 aromatic carbocycles. The molecule has 0 radical (unpaired) electrons. The minimum absolute atomic E-state index is 0.0174. The number of fused-ring (bicyclic) bond motifs is 1. The number of amides is 1. The summed E-state index contributed by atoms with van der Waals surface area (Å²) in [5, 5.41) is 2.46. The van der Waals surface area contributed by atoms with E-state index in [1.165, 1.54) is 22.2 Å². The van der Waals surface area contributed by atoms with Crippen molar-refractivity contribution in [2.45, 2.75) is 57.7 Å². The highest BCUT2D eigenvalue weighted by Crippen LogP contribution is 2.31. The van der Waals surface area contributed by atoms with Crippen LogP contribution in [0, 0.1) is 6.92 Å². The first-order valence-electron chi connectivity index (χ1n) is 11.4. The van der Waals surface area contributed by atoms with Gasteiger partial charge in [-0.15, -0.1) is 11.3 Å². The second-order valence-corrected chi connectivity index (χ2v) is 12.3. The third kappa shape index (κ3) is 4.36. The van der Waals surface area contributed by atoms with E-state index < -0.39 is 9.84 Å². The minimum atomic E-state index is -3.12. The van der Waals surface area contributed by atoms with E-state index in [1.807, 2.05) is 36.6 Å². The molecule has 7 nitrogen and oxygen atoms in total. The van der Waals surface area contributed by atoms with Gasteiger partial charge in [0, 0.05) is 23.0 Å². The molecule has 3 aromatic rings. The normalized spacial score (nSPS) is 20.5. The lowest BCUT2D eigenvalue weighted by molar-refractivity contribution is -0.136. The first-order valence-corrected chi connectivity index (χ1v) is 14.1. The molecule has 3 heterocycles. The molecule has 1 atom stereocenters. The number of aryl methyl sites for hydroxylation is 1. The van der Waals surface area contributed by atoms with E-state index in [9.17, 15) is 18.0 Å². The first kappa shape index (κ1) is 22.3. The molecule has 174 valence electrons. The minimum Gasteiger partial charge on any atom is -0.334 e. The van der Waals surface area contributed by atoms with Crippen LogP contribution in [0.1, 0.15) is 37.7 Å². The lowest BCUT2D eigenvalue weighted by Crippen LogP contribution is -2.49. The largest absolute Gasteiger partial charge is 0.334 e. The van der Waals surface area contributed by atoms with Gasteiger partial charge in [-0.05, 0) is 31.7 Å². The van der Waals surface area contributed by atoms with Gasteiger partial charge in [-0.2, -0.15) is 0 Å². The Bertz CT molecular complexity index is 1350. The van der Waals surface area contributed by atoms with Gasteiger partial charge in [-0.25, -0.2) is 13.4 Å². The molecule has 2 aliphatic rings. The van der Waals surface area contributed by atoms with Crippen molar-refractivity contribution in [2.24, 2.45) is 0 Å². The zero-order chi connectivity index (χ0) is 23.2. The smallest absolute Gasteiger partial charge is 0.263 e. The third-order valence-electron chi connectivity index (χ3n) is 6.84. The summed E-state index contributed by atoms with van der Waals surface area (Å²) in [6.07, 6.45) is 5.76. The Labute approximate surface area is 197 Å². The highest BCUT2D eigenvalue weighted by molar-refractivity contribution is 7.91. The molecule has 0 N–H and O–H groups in total. The Hall–Kier alpha value is -2.52. The van der Waals surface area contributed by atoms with Gasteiger partial charge in [-0.3, -0.25) is 14.2 Å². The highest BCUT2D eigenvalue weighted by atomic mass is 32.2. The van der Waals surface area contributed by atoms with Gasteiger partial charge in [0.25, 0.3) is 5.56 Å². The van der Waals surface area contributed by atoms with Crippen molar-refractivity contribution in [1.82, 2.24) is 14.5 Å². The summed E-state index contributed by atoms with van der Waals surface area (Å²) in [6.45, 7) is 1.89. The van der Waals surface area contributed by atoms with Crippen LogP contribution in [-0.2, 0) is 21.2 Å². The number of thiophene rings is 1. The SMILES string of the molecule is Cc1ccc(-c2csc3ncn(CC(=O)N(C4CCCC4)C4CCS(=O)(=O)C4)c(=O)c23)cc1. The zero-order valence-corrected chi connectivity index (χ0v) is 20.2. The van der Waals surface area contributed by atoms with Gasteiger partial charge in [0.05, 0.1) is 23.2 Å². The lowest BCUT2D eigenvalue weighted by Gasteiger charge is -2.34. The van der Waals surface area contributed by atoms with E-state index in [1.54, 1.807) is 4.90 Å². The highest BCUT2D eigenvalue weighted by Gasteiger charge is 2.39. The van der Waals surface area contributed by atoms with Gasteiger partial charge in [0.2, 0.25) is 5.91 Å². The number of rotatable bonds is 5. The lowest BCUT2D eigenvalue weighted by atomic mass is 10.1. The van der Waals surface area contributed by atoms with Crippen LogP contribution in [-0.4, -0.2) is 52.4 Å². The molecular formula is C24H27N3O4S2. The summed E-state index contributed by atoms with van der Waals surface area (Å²) in [6, 6.07) is 7.73. The van der Waals surface area contributed by atoms with Crippen molar-refractivity contribution >= 4 is 37.3 Å². The van der Waals surface area contributed by atoms with Gasteiger partial charge >= 0.3 is 0 Å². The number of sulfone groups is 1. The summed E-state index contributed by atoms with van der Waals surface area (Å²) in [5.74, 6) is -0.0562. The Morgan fingerprint density at radius 3 is 2.55 bits per heavy atom. The van der Waals surface area contributed by atoms with Crippen molar-refractivity contribution in [3.05, 3.63) is 51.9 Å². The van der Waals surface area contributed by atoms with Gasteiger partial charge in [-0.1, -0.05) is 42.7 Å². The molecule has 1 unspecified atom stereocenters. The number of carbonyl (C=O) groups is 1. The monoisotopic (exact) mass is 485 g/mol. The van der Waals surface area contributed by atoms with Crippen LogP contribution >= 0.6 is 11.3 Å². The van der Waals surface area contributed by atoms with Crippen LogP contribution in [0.5, 0.6) is 0 Å². The van der Waals surface area contributed by atoms with Crippen LogP contribution < -0.4 is 5.56 Å². The fourth-order valence-electron chi connectivity index (χ4n) is 5.14. The van der Waals surface area contributed by atoms with Crippen molar-refractivity contribution in [3.8, 4) is 11.1 Å². The average Bonchev–Trinajstić information content (AvgIpc) is 3.52. The standard InChI is InChI=1S/C24H27N3O4S2/c1-16-6-8-17(9-7-16)20-13-32-23-22(20)24(29)26(15-25-23)12-21(28)27(18-4-2-3-5-18)19-10-11-33(30,31)14-19/h6-9,13,15,18-19H,2-5,10-12,14H2,1H3. The molecule has 1 saturated heterocycles. The molecule has 2 fully saturated rings. The van der Waals surface area contributed by atoms with Crippen molar-refractivity contribution in [3.63, 3.8) is 0 Å². The topological polar surface area (TPSA) is 89.3 Å². The second kappa shape index (κ2) is 8.68. The summed E-state index contributed by atoms with van der Waals surface area (Å²) in [7, 11) is -3.12. The Balaban J connectivity index is 1.48. The molecule has 0 spiro atoms. The Morgan fingerprint density at radius 2 is 1.88 bits per heavy atom. The van der Waals surface area contributed by atoms with Gasteiger partial charge < -0.3 is 4.90 Å². The van der Waals surface area contributed by atoms with E-state index in [-0.39, 0.29) is 41.6 Å². The number of benzene rings is 1. The zero-order valence-electron chi connectivity index (χ0n) is 18.6. The molecule has 1 aliphatic heterocycles. The quantitative estimate of drug-likeness (QED) is 0.553. The molecule has 5 rings (SSSR count). The Morgan fingerprint density at radius 1 is 1.15 bits per heavy atom. The van der Waals surface area contributed by atoms with E-state index in [4.69, 9.17) is 0 Å².